The van der Waals surface area contributed by atoms with Crippen molar-refractivity contribution in [2.24, 2.45) is 0 Å². The van der Waals surface area contributed by atoms with Crippen LogP contribution < -0.4 is 0 Å². The Hall–Kier alpha value is -2.14. The number of rotatable bonds is 3. The van der Waals surface area contributed by atoms with E-state index in [4.69, 9.17) is 0 Å². The minimum Gasteiger partial charge on any atom is -0.341 e. The highest BCUT2D eigenvalue weighted by Gasteiger charge is 2.24. The van der Waals surface area contributed by atoms with E-state index >= 15 is 0 Å². The number of nitro benzene ring substituents is 1. The number of likely N-dealkylation sites (tertiary alicyclic amines) is 1. The second-order valence-electron chi connectivity index (χ2n) is 6.07. The Balaban J connectivity index is 2.18. The predicted octanol–water partition coefficient (Wildman–Crippen LogP) is 3.77. The average molecular weight is 299 g/mol. The van der Waals surface area contributed by atoms with Crippen LogP contribution in [0.15, 0.2) is 24.8 Å². The minimum atomic E-state index is -0.325. The second kappa shape index (κ2) is 5.57. The standard InChI is InChI=1S/C17H21N3O2/c1-4-15-12(2)19(13-7-9-18(3)10-8-13)17-11-14(20(21)22)5-6-16(15)17/h4-6,11,13H,1,7-10H2,2-3H3. The Morgan fingerprint density at radius 1 is 1.36 bits per heavy atom. The van der Waals surface area contributed by atoms with Gasteiger partial charge in [0, 0.05) is 34.8 Å². The number of non-ortho nitro benzene ring substituents is 1. The summed E-state index contributed by atoms with van der Waals surface area (Å²) in [6, 6.07) is 5.53. The third kappa shape index (κ3) is 2.31. The summed E-state index contributed by atoms with van der Waals surface area (Å²) in [4.78, 5) is 13.1. The van der Waals surface area contributed by atoms with E-state index in [0.717, 1.165) is 48.1 Å². The first-order valence-corrected chi connectivity index (χ1v) is 7.63. The van der Waals surface area contributed by atoms with E-state index in [-0.39, 0.29) is 10.6 Å². The second-order valence-corrected chi connectivity index (χ2v) is 6.07. The van der Waals surface area contributed by atoms with Gasteiger partial charge in [-0.1, -0.05) is 12.7 Å². The lowest BCUT2D eigenvalue weighted by atomic mass is 10.0. The summed E-state index contributed by atoms with van der Waals surface area (Å²) < 4.78 is 2.28. The lowest BCUT2D eigenvalue weighted by molar-refractivity contribution is -0.384. The van der Waals surface area contributed by atoms with Crippen molar-refractivity contribution in [2.75, 3.05) is 20.1 Å². The fraction of sp³-hybridized carbons (Fsp3) is 0.412. The number of nitrogens with zero attached hydrogens (tertiary/aromatic N) is 3. The summed E-state index contributed by atoms with van der Waals surface area (Å²) in [5.41, 5.74) is 3.34. The van der Waals surface area contributed by atoms with E-state index in [9.17, 15) is 10.1 Å². The lowest BCUT2D eigenvalue weighted by Crippen LogP contribution is -2.31. The summed E-state index contributed by atoms with van der Waals surface area (Å²) in [6.45, 7) is 8.11. The minimum absolute atomic E-state index is 0.148. The van der Waals surface area contributed by atoms with Gasteiger partial charge in [0.2, 0.25) is 0 Å². The maximum atomic E-state index is 11.1. The molecule has 116 valence electrons. The van der Waals surface area contributed by atoms with Crippen LogP contribution in [0.25, 0.3) is 17.0 Å². The molecule has 1 aliphatic rings. The molecule has 0 aliphatic carbocycles. The lowest BCUT2D eigenvalue weighted by Gasteiger charge is -2.31. The zero-order chi connectivity index (χ0) is 15.9. The van der Waals surface area contributed by atoms with Gasteiger partial charge in [-0.05, 0) is 46.0 Å². The summed E-state index contributed by atoms with van der Waals surface area (Å²) in [7, 11) is 2.14. The summed E-state index contributed by atoms with van der Waals surface area (Å²) in [5.74, 6) is 0. The molecule has 1 fully saturated rings. The summed E-state index contributed by atoms with van der Waals surface area (Å²) in [6.07, 6.45) is 4.00. The van der Waals surface area contributed by atoms with E-state index in [2.05, 4.69) is 30.0 Å². The van der Waals surface area contributed by atoms with E-state index in [1.807, 2.05) is 12.1 Å². The monoisotopic (exact) mass is 299 g/mol. The maximum Gasteiger partial charge on any atom is 0.271 e. The number of fused-ring (bicyclic) bond motifs is 1. The quantitative estimate of drug-likeness (QED) is 0.640. The molecular weight excluding hydrogens is 278 g/mol. The Morgan fingerprint density at radius 3 is 2.64 bits per heavy atom. The highest BCUT2D eigenvalue weighted by molar-refractivity contribution is 5.92. The van der Waals surface area contributed by atoms with Crippen molar-refractivity contribution in [2.45, 2.75) is 25.8 Å². The Labute approximate surface area is 130 Å². The topological polar surface area (TPSA) is 51.3 Å². The van der Waals surface area contributed by atoms with Gasteiger partial charge < -0.3 is 9.47 Å². The molecule has 0 radical (unpaired) electrons. The van der Waals surface area contributed by atoms with Gasteiger partial charge in [0.15, 0.2) is 0 Å². The number of benzene rings is 1. The molecule has 1 aliphatic heterocycles. The molecular formula is C17H21N3O2. The molecule has 1 saturated heterocycles. The maximum absolute atomic E-state index is 11.1. The van der Waals surface area contributed by atoms with Gasteiger partial charge in [-0.2, -0.15) is 0 Å². The van der Waals surface area contributed by atoms with Gasteiger partial charge in [0.05, 0.1) is 10.4 Å². The third-order valence-electron chi connectivity index (χ3n) is 4.75. The van der Waals surface area contributed by atoms with E-state index in [0.29, 0.717) is 6.04 Å². The summed E-state index contributed by atoms with van der Waals surface area (Å²) >= 11 is 0. The first-order chi connectivity index (χ1) is 10.5. The van der Waals surface area contributed by atoms with Crippen molar-refractivity contribution in [3.63, 3.8) is 0 Å². The normalized spacial score (nSPS) is 17.0. The molecule has 2 aromatic rings. The smallest absolute Gasteiger partial charge is 0.271 e. The molecule has 0 unspecified atom stereocenters. The van der Waals surface area contributed by atoms with Crippen molar-refractivity contribution < 1.29 is 4.92 Å². The number of hydrogen-bond acceptors (Lipinski definition) is 3. The van der Waals surface area contributed by atoms with Gasteiger partial charge in [-0.3, -0.25) is 10.1 Å². The molecule has 0 spiro atoms. The first-order valence-electron chi connectivity index (χ1n) is 7.63. The van der Waals surface area contributed by atoms with Crippen LogP contribution in [0.5, 0.6) is 0 Å². The van der Waals surface area contributed by atoms with Gasteiger partial charge in [-0.15, -0.1) is 0 Å². The largest absolute Gasteiger partial charge is 0.341 e. The van der Waals surface area contributed by atoms with Crippen molar-refractivity contribution in [3.05, 3.63) is 46.1 Å². The number of nitro groups is 1. The predicted molar refractivity (Wildman–Crippen MR) is 89.2 cm³/mol. The highest BCUT2D eigenvalue weighted by Crippen LogP contribution is 2.35. The molecule has 0 saturated carbocycles. The SMILES string of the molecule is C=Cc1c(C)n(C2CCN(C)CC2)c2cc([N+](=O)[O-])ccc12. The van der Waals surface area contributed by atoms with Crippen LogP contribution in [-0.4, -0.2) is 34.5 Å². The Morgan fingerprint density at radius 2 is 2.05 bits per heavy atom. The number of aromatic nitrogens is 1. The fourth-order valence-electron chi connectivity index (χ4n) is 3.55. The molecule has 0 N–H and O–H groups in total. The van der Waals surface area contributed by atoms with Crippen LogP contribution in [0.1, 0.15) is 30.1 Å². The van der Waals surface area contributed by atoms with E-state index in [1.54, 1.807) is 12.1 Å². The molecule has 2 heterocycles. The zero-order valence-corrected chi connectivity index (χ0v) is 13.1. The van der Waals surface area contributed by atoms with Crippen LogP contribution in [0.3, 0.4) is 0 Å². The van der Waals surface area contributed by atoms with E-state index < -0.39 is 0 Å². The Bertz CT molecular complexity index is 740. The molecule has 22 heavy (non-hydrogen) atoms. The van der Waals surface area contributed by atoms with Crippen LogP contribution in [0.2, 0.25) is 0 Å². The van der Waals surface area contributed by atoms with Crippen molar-refractivity contribution in [1.82, 2.24) is 9.47 Å². The van der Waals surface area contributed by atoms with Crippen LogP contribution in [0.4, 0.5) is 5.69 Å². The van der Waals surface area contributed by atoms with Gasteiger partial charge in [-0.25, -0.2) is 0 Å². The van der Waals surface area contributed by atoms with Crippen LogP contribution in [0, 0.1) is 17.0 Å². The average Bonchev–Trinajstić information content (AvgIpc) is 2.78. The molecule has 5 heteroatoms. The molecule has 1 aromatic carbocycles. The zero-order valence-electron chi connectivity index (χ0n) is 13.1. The van der Waals surface area contributed by atoms with E-state index in [1.165, 1.54) is 0 Å². The molecule has 0 bridgehead atoms. The van der Waals surface area contributed by atoms with Crippen LogP contribution in [-0.2, 0) is 0 Å². The third-order valence-corrected chi connectivity index (χ3v) is 4.75. The van der Waals surface area contributed by atoms with Crippen LogP contribution >= 0.6 is 0 Å². The molecule has 5 nitrogen and oxygen atoms in total. The first kappa shape index (κ1) is 14.8. The number of hydrogen-bond donors (Lipinski definition) is 0. The van der Waals surface area contributed by atoms with Crippen molar-refractivity contribution >= 4 is 22.7 Å². The summed E-state index contributed by atoms with van der Waals surface area (Å²) in [5, 5.41) is 12.2. The van der Waals surface area contributed by atoms with Gasteiger partial charge in [0.1, 0.15) is 0 Å². The van der Waals surface area contributed by atoms with Crippen molar-refractivity contribution in [1.29, 1.82) is 0 Å². The molecule has 3 rings (SSSR count). The molecule has 1 aromatic heterocycles. The van der Waals surface area contributed by atoms with Crippen molar-refractivity contribution in [3.8, 4) is 0 Å². The Kier molecular flexibility index (Phi) is 3.74. The van der Waals surface area contributed by atoms with Gasteiger partial charge >= 0.3 is 0 Å². The molecule has 0 amide bonds. The molecule has 0 atom stereocenters. The number of piperidine rings is 1. The fourth-order valence-corrected chi connectivity index (χ4v) is 3.55. The highest BCUT2D eigenvalue weighted by atomic mass is 16.6. The van der Waals surface area contributed by atoms with Gasteiger partial charge in [0.25, 0.3) is 5.69 Å².